The average molecular weight is 258 g/mol. The Kier molecular flexibility index (Phi) is 2.45. The molecule has 0 spiro atoms. The summed E-state index contributed by atoms with van der Waals surface area (Å²) in [6.07, 6.45) is -0.908. The molecule has 0 radical (unpaired) electrons. The highest BCUT2D eigenvalue weighted by Crippen LogP contribution is 2.42. The molecule has 0 aromatic rings. The van der Waals surface area contributed by atoms with Crippen molar-refractivity contribution in [1.29, 1.82) is 0 Å². The topological polar surface area (TPSA) is 66.4 Å². The lowest BCUT2D eigenvalue weighted by Crippen LogP contribution is -2.32. The molecular weight excluding hydrogens is 240 g/mol. The Morgan fingerprint density at radius 3 is 2.33 bits per heavy atom. The van der Waals surface area contributed by atoms with Crippen LogP contribution in [0.4, 0.5) is 0 Å². The van der Waals surface area contributed by atoms with E-state index in [1.54, 1.807) is 27.7 Å². The predicted octanol–water partition coefficient (Wildman–Crippen LogP) is 0.848. The summed E-state index contributed by atoms with van der Waals surface area (Å²) in [5.74, 6) is -0.919. The third-order valence-electron chi connectivity index (χ3n) is 3.13. The Labute approximate surface area is 105 Å². The van der Waals surface area contributed by atoms with Gasteiger partial charge >= 0.3 is 0 Å². The highest BCUT2D eigenvalue weighted by atomic mass is 16.8. The predicted molar refractivity (Wildman–Crippen MR) is 59.0 cm³/mol. The van der Waals surface area contributed by atoms with Crippen LogP contribution < -0.4 is 0 Å². The molecule has 18 heavy (non-hydrogen) atoms. The minimum atomic E-state index is -1.02. The summed E-state index contributed by atoms with van der Waals surface area (Å²) in [5, 5.41) is 9.84. The molecule has 3 aliphatic rings. The molecule has 2 fully saturated rings. The smallest absolute Gasteiger partial charge is 0.244 e. The maximum absolute atomic E-state index is 9.84. The standard InChI is InChI=1S/C12H18O6/c1-11(2)14-5-6(16-11)7-8-9(10(13)15-7)18-12(3,4)17-8/h5,7-10,13H,1-4H3/t7-,8+,9+,10+/m0/s1. The minimum absolute atomic E-state index is 0.390. The molecule has 6 nitrogen and oxygen atoms in total. The zero-order valence-corrected chi connectivity index (χ0v) is 10.9. The number of hydrogen-bond acceptors (Lipinski definition) is 6. The summed E-state index contributed by atoms with van der Waals surface area (Å²) >= 11 is 0. The highest BCUT2D eigenvalue weighted by Gasteiger charge is 2.57. The van der Waals surface area contributed by atoms with Crippen LogP contribution in [0.3, 0.4) is 0 Å². The van der Waals surface area contributed by atoms with Crippen LogP contribution in [0.5, 0.6) is 0 Å². The fraction of sp³-hybridized carbons (Fsp3) is 0.833. The van der Waals surface area contributed by atoms with Gasteiger partial charge in [0.1, 0.15) is 18.5 Å². The molecule has 0 aliphatic carbocycles. The van der Waals surface area contributed by atoms with Crippen molar-refractivity contribution in [3.05, 3.63) is 12.0 Å². The Bertz CT molecular complexity index is 388. The third kappa shape index (κ3) is 1.89. The first kappa shape index (κ1) is 12.2. The van der Waals surface area contributed by atoms with Gasteiger partial charge in [-0.1, -0.05) is 0 Å². The lowest BCUT2D eigenvalue weighted by molar-refractivity contribution is -0.222. The van der Waals surface area contributed by atoms with E-state index in [-0.39, 0.29) is 0 Å². The van der Waals surface area contributed by atoms with Crippen molar-refractivity contribution in [2.45, 2.75) is 63.9 Å². The normalized spacial score (nSPS) is 44.2. The van der Waals surface area contributed by atoms with Crippen LogP contribution >= 0.6 is 0 Å². The van der Waals surface area contributed by atoms with Gasteiger partial charge in [-0.05, 0) is 13.8 Å². The monoisotopic (exact) mass is 258 g/mol. The Morgan fingerprint density at radius 2 is 1.72 bits per heavy atom. The number of aliphatic hydroxyl groups is 1. The van der Waals surface area contributed by atoms with Crippen LogP contribution in [-0.2, 0) is 23.7 Å². The molecule has 0 bridgehead atoms. The molecule has 0 aromatic heterocycles. The van der Waals surface area contributed by atoms with E-state index in [0.29, 0.717) is 5.76 Å². The summed E-state index contributed by atoms with van der Waals surface area (Å²) in [6.45, 7) is 7.21. The lowest BCUT2D eigenvalue weighted by atomic mass is 10.1. The maximum Gasteiger partial charge on any atom is 0.244 e. The summed E-state index contributed by atoms with van der Waals surface area (Å²) < 4.78 is 27.8. The van der Waals surface area contributed by atoms with Crippen molar-refractivity contribution < 1.29 is 28.8 Å². The fourth-order valence-electron chi connectivity index (χ4n) is 2.46. The fourth-order valence-corrected chi connectivity index (χ4v) is 2.46. The number of rotatable bonds is 1. The van der Waals surface area contributed by atoms with Crippen molar-refractivity contribution in [2.24, 2.45) is 0 Å². The molecule has 1 N–H and O–H groups in total. The number of aliphatic hydroxyl groups excluding tert-OH is 1. The molecule has 0 aromatic carbocycles. The van der Waals surface area contributed by atoms with Crippen molar-refractivity contribution in [3.8, 4) is 0 Å². The van der Waals surface area contributed by atoms with Crippen LogP contribution in [0.15, 0.2) is 12.0 Å². The van der Waals surface area contributed by atoms with Crippen molar-refractivity contribution in [3.63, 3.8) is 0 Å². The molecule has 3 heterocycles. The molecule has 0 unspecified atom stereocenters. The third-order valence-corrected chi connectivity index (χ3v) is 3.13. The number of ether oxygens (including phenoxy) is 5. The first-order valence-corrected chi connectivity index (χ1v) is 6.03. The van der Waals surface area contributed by atoms with Crippen LogP contribution in [0.25, 0.3) is 0 Å². The van der Waals surface area contributed by atoms with E-state index in [9.17, 15) is 5.11 Å². The molecule has 3 aliphatic heterocycles. The van der Waals surface area contributed by atoms with E-state index < -0.39 is 36.2 Å². The van der Waals surface area contributed by atoms with Crippen LogP contribution in [0.1, 0.15) is 27.7 Å². The summed E-state index contributed by atoms with van der Waals surface area (Å²) in [4.78, 5) is 0. The molecule has 102 valence electrons. The molecule has 4 atom stereocenters. The second kappa shape index (κ2) is 3.60. The quantitative estimate of drug-likeness (QED) is 0.752. The molecule has 3 rings (SSSR count). The Hall–Kier alpha value is -0.820. The number of fused-ring (bicyclic) bond motifs is 1. The summed E-state index contributed by atoms with van der Waals surface area (Å²) in [6, 6.07) is 0. The average Bonchev–Trinajstić information content (AvgIpc) is 2.81. The highest BCUT2D eigenvalue weighted by molar-refractivity contribution is 5.11. The zero-order valence-electron chi connectivity index (χ0n) is 10.9. The van der Waals surface area contributed by atoms with E-state index in [1.807, 2.05) is 0 Å². The first-order chi connectivity index (χ1) is 8.27. The van der Waals surface area contributed by atoms with Crippen LogP contribution in [0.2, 0.25) is 0 Å². The van der Waals surface area contributed by atoms with E-state index in [0.717, 1.165) is 0 Å². The largest absolute Gasteiger partial charge is 0.457 e. The molecular formula is C12H18O6. The first-order valence-electron chi connectivity index (χ1n) is 6.03. The lowest BCUT2D eigenvalue weighted by Gasteiger charge is -2.24. The zero-order chi connectivity index (χ0) is 13.1. The second-order valence-corrected chi connectivity index (χ2v) is 5.65. The van der Waals surface area contributed by atoms with Gasteiger partial charge in [0.25, 0.3) is 0 Å². The van der Waals surface area contributed by atoms with E-state index in [2.05, 4.69) is 0 Å². The van der Waals surface area contributed by atoms with Crippen molar-refractivity contribution in [1.82, 2.24) is 0 Å². The summed E-state index contributed by atoms with van der Waals surface area (Å²) in [7, 11) is 0. The SMILES string of the molecule is CC1(C)OC=C([C@@H]2O[C@@H](O)[C@@H]3OC(C)(C)O[C@@H]32)O1. The van der Waals surface area contributed by atoms with Gasteiger partial charge in [-0.2, -0.15) is 0 Å². The second-order valence-electron chi connectivity index (χ2n) is 5.65. The van der Waals surface area contributed by atoms with Gasteiger partial charge in [-0.3, -0.25) is 0 Å². The number of hydrogen-bond donors (Lipinski definition) is 1. The van der Waals surface area contributed by atoms with Gasteiger partial charge in [-0.25, -0.2) is 0 Å². The molecule has 6 heteroatoms. The van der Waals surface area contributed by atoms with E-state index in [4.69, 9.17) is 23.7 Å². The molecule has 0 saturated carbocycles. The Morgan fingerprint density at radius 1 is 1.06 bits per heavy atom. The van der Waals surface area contributed by atoms with E-state index in [1.165, 1.54) is 6.26 Å². The molecule has 0 amide bonds. The Balaban J connectivity index is 1.79. The van der Waals surface area contributed by atoms with Gasteiger partial charge in [-0.15, -0.1) is 0 Å². The summed E-state index contributed by atoms with van der Waals surface area (Å²) in [5.41, 5.74) is 0. The van der Waals surface area contributed by atoms with Gasteiger partial charge < -0.3 is 28.8 Å². The van der Waals surface area contributed by atoms with E-state index >= 15 is 0 Å². The van der Waals surface area contributed by atoms with Crippen LogP contribution in [-0.4, -0.2) is 41.3 Å². The van der Waals surface area contributed by atoms with Crippen molar-refractivity contribution in [2.75, 3.05) is 0 Å². The van der Waals surface area contributed by atoms with Gasteiger partial charge in [0.05, 0.1) is 0 Å². The maximum atomic E-state index is 9.84. The van der Waals surface area contributed by atoms with Crippen LogP contribution in [0, 0.1) is 0 Å². The van der Waals surface area contributed by atoms with Gasteiger partial charge in [0, 0.05) is 13.8 Å². The van der Waals surface area contributed by atoms with Gasteiger partial charge in [0.15, 0.2) is 23.9 Å². The molecule has 2 saturated heterocycles. The minimum Gasteiger partial charge on any atom is -0.457 e. The van der Waals surface area contributed by atoms with Crippen molar-refractivity contribution >= 4 is 0 Å². The van der Waals surface area contributed by atoms with Gasteiger partial charge in [0.2, 0.25) is 5.79 Å².